The first-order valence-electron chi connectivity index (χ1n) is 9.08. The van der Waals surface area contributed by atoms with Crippen LogP contribution in [0.15, 0.2) is 85.1 Å². The number of aliphatic carboxylic acids is 1. The van der Waals surface area contributed by atoms with E-state index in [1.807, 2.05) is 48.5 Å². The summed E-state index contributed by atoms with van der Waals surface area (Å²) in [6.45, 7) is 0. The van der Waals surface area contributed by atoms with Gasteiger partial charge in [-0.25, -0.2) is 0 Å². The first-order valence-corrected chi connectivity index (χ1v) is 9.08. The average molecular weight is 383 g/mol. The molecule has 0 atom stereocenters. The van der Waals surface area contributed by atoms with Crippen molar-refractivity contribution in [2.24, 2.45) is 0 Å². The maximum absolute atomic E-state index is 13.0. The second-order valence-corrected chi connectivity index (χ2v) is 6.52. The highest BCUT2D eigenvalue weighted by molar-refractivity contribution is 6.15. The summed E-state index contributed by atoms with van der Waals surface area (Å²) in [7, 11) is 0. The molecule has 0 fully saturated rings. The summed E-state index contributed by atoms with van der Waals surface area (Å²) in [5, 5.41) is 10.5. The van der Waals surface area contributed by atoms with Crippen molar-refractivity contribution in [3.05, 3.63) is 102 Å². The number of ketones is 1. The average Bonchev–Trinajstić information content (AvgIpc) is 2.74. The van der Waals surface area contributed by atoms with E-state index < -0.39 is 5.97 Å². The van der Waals surface area contributed by atoms with E-state index in [2.05, 4.69) is 4.98 Å². The molecule has 0 saturated heterocycles. The van der Waals surface area contributed by atoms with E-state index in [9.17, 15) is 9.59 Å². The zero-order valence-corrected chi connectivity index (χ0v) is 15.4. The molecule has 5 heteroatoms. The molecule has 0 spiro atoms. The first kappa shape index (κ1) is 18.4. The Morgan fingerprint density at radius 3 is 2.10 bits per heavy atom. The fourth-order valence-corrected chi connectivity index (χ4v) is 3.17. The molecular weight excluding hydrogens is 366 g/mol. The maximum Gasteiger partial charge on any atom is 0.307 e. The molecule has 0 aliphatic rings. The Balaban J connectivity index is 1.64. The summed E-state index contributed by atoms with van der Waals surface area (Å²) in [4.78, 5) is 28.4. The monoisotopic (exact) mass is 383 g/mol. The van der Waals surface area contributed by atoms with Gasteiger partial charge in [-0.3, -0.25) is 14.6 Å². The fraction of sp³-hybridized carbons (Fsp3) is 0.0417. The molecule has 1 N–H and O–H groups in total. The number of carboxylic acid groups (broad SMARTS) is 1. The molecule has 142 valence electrons. The number of rotatable bonds is 6. The molecule has 0 unspecified atom stereocenters. The standard InChI is InChI=1S/C24H17NO4/c26-22(27)14-17-15-25-23(21-9-5-4-8-20(17)21)24(28)16-10-12-19(13-11-16)29-18-6-2-1-3-7-18/h1-13,15H,14H2,(H,26,27). The second-order valence-electron chi connectivity index (χ2n) is 6.52. The SMILES string of the molecule is O=C(O)Cc1cnc(C(=O)c2ccc(Oc3ccccc3)cc2)c2ccccc12. The van der Waals surface area contributed by atoms with Gasteiger partial charge in [0, 0.05) is 17.1 Å². The van der Waals surface area contributed by atoms with Crippen LogP contribution in [0.3, 0.4) is 0 Å². The molecule has 0 radical (unpaired) electrons. The number of benzene rings is 3. The molecule has 0 amide bonds. The molecule has 4 aromatic rings. The smallest absolute Gasteiger partial charge is 0.307 e. The van der Waals surface area contributed by atoms with Crippen molar-refractivity contribution in [2.45, 2.75) is 6.42 Å². The fourth-order valence-electron chi connectivity index (χ4n) is 3.17. The van der Waals surface area contributed by atoms with E-state index in [0.29, 0.717) is 33.7 Å². The highest BCUT2D eigenvalue weighted by Crippen LogP contribution is 2.25. The van der Waals surface area contributed by atoms with E-state index in [1.165, 1.54) is 6.20 Å². The minimum atomic E-state index is -0.940. The predicted octanol–water partition coefficient (Wildman–Crippen LogP) is 4.89. The van der Waals surface area contributed by atoms with Crippen molar-refractivity contribution >= 4 is 22.5 Å². The van der Waals surface area contributed by atoms with Crippen LogP contribution < -0.4 is 4.74 Å². The number of para-hydroxylation sites is 1. The lowest BCUT2D eigenvalue weighted by Crippen LogP contribution is -2.08. The predicted molar refractivity (Wildman–Crippen MR) is 109 cm³/mol. The van der Waals surface area contributed by atoms with Crippen LogP contribution in [0.1, 0.15) is 21.6 Å². The van der Waals surface area contributed by atoms with Crippen LogP contribution in [0.25, 0.3) is 10.8 Å². The molecule has 1 heterocycles. The third kappa shape index (κ3) is 3.99. The van der Waals surface area contributed by atoms with Crippen LogP contribution in [0.4, 0.5) is 0 Å². The molecular formula is C24H17NO4. The summed E-state index contributed by atoms with van der Waals surface area (Å²) in [6.07, 6.45) is 1.32. The normalized spacial score (nSPS) is 10.6. The molecule has 0 saturated carbocycles. The van der Waals surface area contributed by atoms with Gasteiger partial charge in [0.1, 0.15) is 17.2 Å². The maximum atomic E-state index is 13.0. The zero-order chi connectivity index (χ0) is 20.2. The van der Waals surface area contributed by atoms with E-state index in [4.69, 9.17) is 9.84 Å². The van der Waals surface area contributed by atoms with Crippen molar-refractivity contribution in [3.8, 4) is 11.5 Å². The highest BCUT2D eigenvalue weighted by atomic mass is 16.5. The Kier molecular flexibility index (Phi) is 5.03. The Bertz CT molecular complexity index is 1180. The lowest BCUT2D eigenvalue weighted by Gasteiger charge is -2.10. The number of carbonyl (C=O) groups is 2. The van der Waals surface area contributed by atoms with Gasteiger partial charge in [0.25, 0.3) is 0 Å². The molecule has 0 aliphatic carbocycles. The van der Waals surface area contributed by atoms with Crippen LogP contribution in [-0.4, -0.2) is 21.8 Å². The van der Waals surface area contributed by atoms with E-state index in [-0.39, 0.29) is 12.2 Å². The first-order chi connectivity index (χ1) is 14.1. The number of ether oxygens (including phenoxy) is 1. The van der Waals surface area contributed by atoms with Crippen LogP contribution in [0.2, 0.25) is 0 Å². The number of carboxylic acids is 1. The largest absolute Gasteiger partial charge is 0.481 e. The highest BCUT2D eigenvalue weighted by Gasteiger charge is 2.17. The molecule has 5 nitrogen and oxygen atoms in total. The topological polar surface area (TPSA) is 76.5 Å². The molecule has 29 heavy (non-hydrogen) atoms. The van der Waals surface area contributed by atoms with E-state index in [0.717, 1.165) is 5.39 Å². The van der Waals surface area contributed by atoms with Crippen molar-refractivity contribution < 1.29 is 19.4 Å². The molecule has 0 bridgehead atoms. The van der Waals surface area contributed by atoms with Gasteiger partial charge in [-0.15, -0.1) is 0 Å². The number of nitrogens with zero attached hydrogens (tertiary/aromatic N) is 1. The number of carbonyl (C=O) groups excluding carboxylic acids is 1. The molecule has 4 rings (SSSR count). The summed E-state index contributed by atoms with van der Waals surface area (Å²) in [5.41, 5.74) is 1.36. The van der Waals surface area contributed by atoms with E-state index in [1.54, 1.807) is 30.3 Å². The van der Waals surface area contributed by atoms with Gasteiger partial charge in [-0.2, -0.15) is 0 Å². The molecule has 1 aromatic heterocycles. The number of pyridine rings is 1. The molecule has 0 aliphatic heterocycles. The Morgan fingerprint density at radius 2 is 1.41 bits per heavy atom. The summed E-state index contributed by atoms with van der Waals surface area (Å²) in [5.74, 6) is 0.176. The number of hydrogen-bond acceptors (Lipinski definition) is 4. The van der Waals surface area contributed by atoms with Gasteiger partial charge in [0.2, 0.25) is 5.78 Å². The summed E-state index contributed by atoms with van der Waals surface area (Å²) < 4.78 is 5.76. The van der Waals surface area contributed by atoms with Gasteiger partial charge < -0.3 is 9.84 Å². The minimum absolute atomic E-state index is 0.145. The third-order valence-electron chi connectivity index (χ3n) is 4.53. The van der Waals surface area contributed by atoms with Crippen molar-refractivity contribution in [1.29, 1.82) is 0 Å². The Labute approximate surface area is 167 Å². The number of fused-ring (bicyclic) bond motifs is 1. The van der Waals surface area contributed by atoms with Crippen LogP contribution >= 0.6 is 0 Å². The lowest BCUT2D eigenvalue weighted by molar-refractivity contribution is -0.136. The van der Waals surface area contributed by atoms with E-state index >= 15 is 0 Å². The van der Waals surface area contributed by atoms with Crippen molar-refractivity contribution in [1.82, 2.24) is 4.98 Å². The number of hydrogen-bond donors (Lipinski definition) is 1. The minimum Gasteiger partial charge on any atom is -0.481 e. The van der Waals surface area contributed by atoms with Crippen LogP contribution in [0, 0.1) is 0 Å². The third-order valence-corrected chi connectivity index (χ3v) is 4.53. The molecule has 3 aromatic carbocycles. The van der Waals surface area contributed by atoms with Gasteiger partial charge in [0.05, 0.1) is 6.42 Å². The van der Waals surface area contributed by atoms with Crippen LogP contribution in [-0.2, 0) is 11.2 Å². The Morgan fingerprint density at radius 1 is 0.793 bits per heavy atom. The lowest BCUT2D eigenvalue weighted by atomic mass is 9.98. The zero-order valence-electron chi connectivity index (χ0n) is 15.4. The van der Waals surface area contributed by atoms with Gasteiger partial charge >= 0.3 is 5.97 Å². The summed E-state index contributed by atoms with van der Waals surface area (Å²) in [6, 6.07) is 23.5. The quantitative estimate of drug-likeness (QED) is 0.480. The van der Waals surface area contributed by atoms with Crippen molar-refractivity contribution in [3.63, 3.8) is 0 Å². The number of aromatic nitrogens is 1. The van der Waals surface area contributed by atoms with Crippen molar-refractivity contribution in [2.75, 3.05) is 0 Å². The second kappa shape index (κ2) is 7.94. The van der Waals surface area contributed by atoms with Crippen LogP contribution in [0.5, 0.6) is 11.5 Å². The van der Waals surface area contributed by atoms with Gasteiger partial charge in [-0.05, 0) is 47.3 Å². The Hall–Kier alpha value is -3.99. The summed E-state index contributed by atoms with van der Waals surface area (Å²) >= 11 is 0. The van der Waals surface area contributed by atoms with Gasteiger partial charge in [0.15, 0.2) is 0 Å². The van der Waals surface area contributed by atoms with Gasteiger partial charge in [-0.1, -0.05) is 42.5 Å².